The molecule has 1 aliphatic heterocycles. The van der Waals surface area contributed by atoms with Crippen LogP contribution in [0.25, 0.3) is 0 Å². The molecule has 1 amide bonds. The van der Waals surface area contributed by atoms with Crippen molar-refractivity contribution in [2.45, 2.75) is 46.0 Å². The van der Waals surface area contributed by atoms with Gasteiger partial charge >= 0.3 is 0 Å². The van der Waals surface area contributed by atoms with E-state index in [1.807, 2.05) is 20.8 Å². The highest BCUT2D eigenvalue weighted by molar-refractivity contribution is 5.77. The van der Waals surface area contributed by atoms with Crippen LogP contribution in [0, 0.1) is 5.41 Å². The molecule has 1 rings (SSSR count). The topological polar surface area (TPSA) is 20.3 Å². The van der Waals surface area contributed by atoms with E-state index in [4.69, 9.17) is 0 Å². The van der Waals surface area contributed by atoms with Gasteiger partial charge in [0.15, 0.2) is 0 Å². The molecule has 1 aliphatic rings. The van der Waals surface area contributed by atoms with E-state index >= 15 is 0 Å². The molecular formula is C11H19F2NO. The van der Waals surface area contributed by atoms with E-state index in [-0.39, 0.29) is 17.7 Å². The predicted octanol–water partition coefficient (Wildman–Crippen LogP) is 2.68. The number of alkyl halides is 2. The molecule has 1 fully saturated rings. The van der Waals surface area contributed by atoms with E-state index in [1.165, 1.54) is 4.90 Å². The normalized spacial score (nSPS) is 21.5. The van der Waals surface area contributed by atoms with Crippen LogP contribution in [0.5, 0.6) is 0 Å². The highest BCUT2D eigenvalue weighted by atomic mass is 19.3. The van der Waals surface area contributed by atoms with Crippen LogP contribution in [0.4, 0.5) is 8.78 Å². The van der Waals surface area contributed by atoms with E-state index in [0.29, 0.717) is 19.4 Å². The Morgan fingerprint density at radius 1 is 1.40 bits per heavy atom. The van der Waals surface area contributed by atoms with Gasteiger partial charge in [0, 0.05) is 19.4 Å². The van der Waals surface area contributed by atoms with E-state index < -0.39 is 12.5 Å². The number of carbonyl (C=O) groups is 1. The van der Waals surface area contributed by atoms with Crippen LogP contribution >= 0.6 is 0 Å². The van der Waals surface area contributed by atoms with Crippen LogP contribution in [-0.4, -0.2) is 29.8 Å². The molecule has 0 N–H and O–H groups in total. The Morgan fingerprint density at radius 3 is 2.47 bits per heavy atom. The Bertz CT molecular complexity index is 245. The molecule has 0 unspecified atom stereocenters. The molecule has 1 heterocycles. The molecule has 4 heteroatoms. The van der Waals surface area contributed by atoms with Crippen LogP contribution in [0.1, 0.15) is 40.0 Å². The second-order valence-electron chi connectivity index (χ2n) is 5.51. The SMILES string of the molecule is CC(C)(C)CC(=O)N1CCCC(F)(F)C1. The fraction of sp³-hybridized carbons (Fsp3) is 0.909. The summed E-state index contributed by atoms with van der Waals surface area (Å²) in [5.74, 6) is -2.84. The zero-order valence-electron chi connectivity index (χ0n) is 9.65. The van der Waals surface area contributed by atoms with Crippen LogP contribution in [0.3, 0.4) is 0 Å². The second-order valence-corrected chi connectivity index (χ2v) is 5.51. The van der Waals surface area contributed by atoms with Gasteiger partial charge in [0.25, 0.3) is 5.92 Å². The van der Waals surface area contributed by atoms with Gasteiger partial charge in [-0.25, -0.2) is 8.78 Å². The Balaban J connectivity index is 2.53. The summed E-state index contributed by atoms with van der Waals surface area (Å²) < 4.78 is 26.1. The van der Waals surface area contributed by atoms with Crippen molar-refractivity contribution < 1.29 is 13.6 Å². The van der Waals surface area contributed by atoms with Gasteiger partial charge in [0.2, 0.25) is 5.91 Å². The zero-order valence-corrected chi connectivity index (χ0v) is 9.65. The van der Waals surface area contributed by atoms with Crippen molar-refractivity contribution in [1.82, 2.24) is 4.90 Å². The fourth-order valence-electron chi connectivity index (χ4n) is 1.74. The highest BCUT2D eigenvalue weighted by Crippen LogP contribution is 2.28. The van der Waals surface area contributed by atoms with Crippen LogP contribution in [0.2, 0.25) is 0 Å². The summed E-state index contributed by atoms with van der Waals surface area (Å²) in [6.07, 6.45) is 0.651. The lowest BCUT2D eigenvalue weighted by molar-refractivity contribution is -0.143. The monoisotopic (exact) mass is 219 g/mol. The molecule has 0 saturated carbocycles. The number of hydrogen-bond acceptors (Lipinski definition) is 1. The number of likely N-dealkylation sites (tertiary alicyclic amines) is 1. The van der Waals surface area contributed by atoms with Crippen LogP contribution < -0.4 is 0 Å². The molecule has 0 radical (unpaired) electrons. The van der Waals surface area contributed by atoms with Gasteiger partial charge in [0.1, 0.15) is 0 Å². The average Bonchev–Trinajstić information content (AvgIpc) is 1.99. The van der Waals surface area contributed by atoms with Crippen molar-refractivity contribution in [2.24, 2.45) is 5.41 Å². The van der Waals surface area contributed by atoms with Crippen molar-refractivity contribution in [1.29, 1.82) is 0 Å². The summed E-state index contributed by atoms with van der Waals surface area (Å²) in [5, 5.41) is 0. The molecule has 0 aromatic carbocycles. The molecule has 1 saturated heterocycles. The van der Waals surface area contributed by atoms with Gasteiger partial charge in [-0.2, -0.15) is 0 Å². The highest BCUT2D eigenvalue weighted by Gasteiger charge is 2.37. The van der Waals surface area contributed by atoms with Crippen molar-refractivity contribution in [3.8, 4) is 0 Å². The molecule has 0 spiro atoms. The lowest BCUT2D eigenvalue weighted by atomic mass is 9.91. The predicted molar refractivity (Wildman–Crippen MR) is 54.8 cm³/mol. The summed E-state index contributed by atoms with van der Waals surface area (Å²) in [6, 6.07) is 0. The summed E-state index contributed by atoms with van der Waals surface area (Å²) in [7, 11) is 0. The number of nitrogens with zero attached hydrogens (tertiary/aromatic N) is 1. The van der Waals surface area contributed by atoms with Gasteiger partial charge < -0.3 is 4.90 Å². The van der Waals surface area contributed by atoms with Gasteiger partial charge in [0.05, 0.1) is 6.54 Å². The Kier molecular flexibility index (Phi) is 3.36. The molecule has 0 aromatic heterocycles. The molecule has 0 atom stereocenters. The van der Waals surface area contributed by atoms with Crippen molar-refractivity contribution in [2.75, 3.05) is 13.1 Å². The van der Waals surface area contributed by atoms with Gasteiger partial charge in [-0.15, -0.1) is 0 Å². The molecule has 2 nitrogen and oxygen atoms in total. The van der Waals surface area contributed by atoms with E-state index in [9.17, 15) is 13.6 Å². The maximum Gasteiger partial charge on any atom is 0.265 e. The largest absolute Gasteiger partial charge is 0.337 e. The Morgan fingerprint density at radius 2 is 2.00 bits per heavy atom. The first-order chi connectivity index (χ1) is 6.70. The first kappa shape index (κ1) is 12.4. The number of amides is 1. The van der Waals surface area contributed by atoms with Crippen molar-refractivity contribution >= 4 is 5.91 Å². The second kappa shape index (κ2) is 4.06. The minimum absolute atomic E-state index is 0.0910. The first-order valence-electron chi connectivity index (χ1n) is 5.35. The summed E-state index contributed by atoms with van der Waals surface area (Å²) in [4.78, 5) is 13.0. The number of hydrogen-bond donors (Lipinski definition) is 0. The zero-order chi connectivity index (χ0) is 11.7. The summed E-state index contributed by atoms with van der Waals surface area (Å²) >= 11 is 0. The minimum Gasteiger partial charge on any atom is -0.337 e. The molecular weight excluding hydrogens is 200 g/mol. The third kappa shape index (κ3) is 4.14. The molecule has 88 valence electrons. The minimum atomic E-state index is -2.69. The summed E-state index contributed by atoms with van der Waals surface area (Å²) in [6.45, 7) is 5.89. The Hall–Kier alpha value is -0.670. The quantitative estimate of drug-likeness (QED) is 0.664. The van der Waals surface area contributed by atoms with Crippen LogP contribution in [-0.2, 0) is 4.79 Å². The molecule has 0 aliphatic carbocycles. The maximum atomic E-state index is 13.1. The first-order valence-corrected chi connectivity index (χ1v) is 5.35. The standard InChI is InChI=1S/C11H19F2NO/c1-10(2,3)7-9(15)14-6-4-5-11(12,13)8-14/h4-8H2,1-3H3. The third-order valence-corrected chi connectivity index (χ3v) is 2.43. The van der Waals surface area contributed by atoms with Crippen LogP contribution in [0.15, 0.2) is 0 Å². The lowest BCUT2D eigenvalue weighted by Gasteiger charge is -2.34. The van der Waals surface area contributed by atoms with Gasteiger partial charge in [-0.05, 0) is 11.8 Å². The molecule has 0 aromatic rings. The lowest BCUT2D eigenvalue weighted by Crippen LogP contribution is -2.46. The number of halogens is 2. The van der Waals surface area contributed by atoms with Gasteiger partial charge in [-0.3, -0.25) is 4.79 Å². The molecule has 0 bridgehead atoms. The average molecular weight is 219 g/mol. The van der Waals surface area contributed by atoms with E-state index in [1.54, 1.807) is 0 Å². The van der Waals surface area contributed by atoms with Gasteiger partial charge in [-0.1, -0.05) is 20.8 Å². The number of piperidine rings is 1. The fourth-order valence-corrected chi connectivity index (χ4v) is 1.74. The maximum absolute atomic E-state index is 13.1. The number of rotatable bonds is 1. The van der Waals surface area contributed by atoms with E-state index in [2.05, 4.69) is 0 Å². The van der Waals surface area contributed by atoms with E-state index in [0.717, 1.165) is 0 Å². The smallest absolute Gasteiger partial charge is 0.265 e. The van der Waals surface area contributed by atoms with Crippen molar-refractivity contribution in [3.05, 3.63) is 0 Å². The number of carbonyl (C=O) groups excluding carboxylic acids is 1. The Labute approximate surface area is 89.6 Å². The summed E-state index contributed by atoms with van der Waals surface area (Å²) in [5.41, 5.74) is -0.135. The van der Waals surface area contributed by atoms with Crippen molar-refractivity contribution in [3.63, 3.8) is 0 Å². The molecule has 15 heavy (non-hydrogen) atoms. The third-order valence-electron chi connectivity index (χ3n) is 2.43.